The molecule has 1 saturated heterocycles. The Morgan fingerprint density at radius 3 is 2.75 bits per heavy atom. The van der Waals surface area contributed by atoms with Crippen LogP contribution >= 0.6 is 0 Å². The van der Waals surface area contributed by atoms with E-state index in [1.807, 2.05) is 24.3 Å². The fraction of sp³-hybridized carbons (Fsp3) is 0.632. The maximum atomic E-state index is 12.4. The van der Waals surface area contributed by atoms with Crippen LogP contribution in [0.2, 0.25) is 0 Å². The number of ether oxygens (including phenoxy) is 2. The maximum absolute atomic E-state index is 12.4. The van der Waals surface area contributed by atoms with Gasteiger partial charge in [-0.05, 0) is 24.6 Å². The number of carbonyl (C=O) groups excluding carboxylic acids is 1. The number of amides is 2. The Morgan fingerprint density at radius 1 is 1.32 bits per heavy atom. The second-order valence-electron chi connectivity index (χ2n) is 6.55. The summed E-state index contributed by atoms with van der Waals surface area (Å²) in [5.41, 5.74) is 0.823. The molecule has 6 nitrogen and oxygen atoms in total. The van der Waals surface area contributed by atoms with Crippen molar-refractivity contribution in [3.8, 4) is 5.75 Å². The molecule has 0 spiro atoms. The Morgan fingerprint density at radius 2 is 2.07 bits per heavy atom. The zero-order valence-corrected chi connectivity index (χ0v) is 16.1. The lowest BCUT2D eigenvalue weighted by Crippen LogP contribution is -2.41. The Balaban J connectivity index is 1.75. The fourth-order valence-electron chi connectivity index (χ4n) is 2.82. The van der Waals surface area contributed by atoms with Gasteiger partial charge in [-0.2, -0.15) is 13.2 Å². The first-order chi connectivity index (χ1) is 13.4. The van der Waals surface area contributed by atoms with Gasteiger partial charge < -0.3 is 19.7 Å². The van der Waals surface area contributed by atoms with Crippen LogP contribution in [0.5, 0.6) is 5.75 Å². The van der Waals surface area contributed by atoms with Gasteiger partial charge in [-0.25, -0.2) is 4.79 Å². The van der Waals surface area contributed by atoms with Gasteiger partial charge in [0.1, 0.15) is 12.4 Å². The molecule has 2 amide bonds. The predicted molar refractivity (Wildman–Crippen MR) is 99.4 cm³/mol. The van der Waals surface area contributed by atoms with Crippen LogP contribution in [-0.4, -0.2) is 74.6 Å². The summed E-state index contributed by atoms with van der Waals surface area (Å²) in [6.45, 7) is 6.39. The van der Waals surface area contributed by atoms with Gasteiger partial charge in [-0.15, -0.1) is 0 Å². The number of alkyl halides is 3. The molecule has 0 unspecified atom stereocenters. The molecule has 1 aliphatic heterocycles. The highest BCUT2D eigenvalue weighted by Gasteiger charge is 2.28. The van der Waals surface area contributed by atoms with E-state index in [1.54, 1.807) is 6.92 Å². The normalized spacial score (nSPS) is 15.3. The fourth-order valence-corrected chi connectivity index (χ4v) is 2.82. The summed E-state index contributed by atoms with van der Waals surface area (Å²) in [5, 5.41) is 2.66. The van der Waals surface area contributed by atoms with Gasteiger partial charge in [0.2, 0.25) is 0 Å². The molecule has 1 aromatic carbocycles. The molecule has 9 heteroatoms. The van der Waals surface area contributed by atoms with E-state index in [1.165, 1.54) is 0 Å². The van der Waals surface area contributed by atoms with Gasteiger partial charge in [-0.1, -0.05) is 12.1 Å². The molecule has 1 aromatic rings. The predicted octanol–water partition coefficient (Wildman–Crippen LogP) is 2.88. The van der Waals surface area contributed by atoms with E-state index in [4.69, 9.17) is 9.47 Å². The van der Waals surface area contributed by atoms with E-state index in [2.05, 4.69) is 10.2 Å². The number of halogens is 3. The van der Waals surface area contributed by atoms with Crippen LogP contribution in [0.15, 0.2) is 24.3 Å². The van der Waals surface area contributed by atoms with E-state index in [0.717, 1.165) is 43.3 Å². The monoisotopic (exact) mass is 403 g/mol. The number of hydrogen-bond donors (Lipinski definition) is 1. The SMILES string of the molecule is CCN(CCC(F)(F)F)C(=O)NCc1cccc(OCCN2CCOCC2)c1. The third kappa shape index (κ3) is 8.35. The number of nitrogens with one attached hydrogen (secondary N) is 1. The van der Waals surface area contributed by atoms with Gasteiger partial charge in [0.15, 0.2) is 0 Å². The Bertz CT molecular complexity index is 608. The average molecular weight is 403 g/mol. The minimum atomic E-state index is -4.28. The zero-order chi connectivity index (χ0) is 20.4. The van der Waals surface area contributed by atoms with Crippen molar-refractivity contribution in [2.75, 3.05) is 52.5 Å². The van der Waals surface area contributed by atoms with Crippen molar-refractivity contribution < 1.29 is 27.4 Å². The summed E-state index contributed by atoms with van der Waals surface area (Å²) in [5.74, 6) is 0.699. The van der Waals surface area contributed by atoms with Gasteiger partial charge in [0.05, 0.1) is 19.6 Å². The smallest absolute Gasteiger partial charge is 0.390 e. The Labute approximate surface area is 163 Å². The standard InChI is InChI=1S/C19H28F3N3O3/c1-2-25(7-6-19(20,21)22)18(26)23-15-16-4-3-5-17(14-16)28-13-10-24-8-11-27-12-9-24/h3-5,14H,2,6-13,15H2,1H3,(H,23,26). The number of nitrogens with zero attached hydrogens (tertiary/aromatic N) is 2. The highest BCUT2D eigenvalue weighted by molar-refractivity contribution is 5.74. The molecule has 1 heterocycles. The van der Waals surface area contributed by atoms with Crippen molar-refractivity contribution >= 4 is 6.03 Å². The summed E-state index contributed by atoms with van der Waals surface area (Å²) in [7, 11) is 0. The summed E-state index contributed by atoms with van der Waals surface area (Å²) in [6.07, 6.45) is -5.29. The van der Waals surface area contributed by atoms with Crippen LogP contribution in [0.25, 0.3) is 0 Å². The average Bonchev–Trinajstić information content (AvgIpc) is 2.67. The molecule has 0 bridgehead atoms. The number of hydrogen-bond acceptors (Lipinski definition) is 4. The van der Waals surface area contributed by atoms with Crippen molar-refractivity contribution in [3.05, 3.63) is 29.8 Å². The van der Waals surface area contributed by atoms with Gasteiger partial charge >= 0.3 is 12.2 Å². The topological polar surface area (TPSA) is 54.0 Å². The van der Waals surface area contributed by atoms with Crippen LogP contribution in [0.4, 0.5) is 18.0 Å². The molecular formula is C19H28F3N3O3. The molecule has 158 valence electrons. The number of urea groups is 1. The Hall–Kier alpha value is -2.00. The number of benzene rings is 1. The Kier molecular flexibility index (Phi) is 8.85. The molecule has 2 rings (SSSR count). The summed E-state index contributed by atoms with van der Waals surface area (Å²) >= 11 is 0. The quantitative estimate of drug-likeness (QED) is 0.689. The maximum Gasteiger partial charge on any atom is 0.390 e. The molecule has 0 saturated carbocycles. The second-order valence-corrected chi connectivity index (χ2v) is 6.55. The molecule has 1 fully saturated rings. The molecule has 1 aliphatic rings. The van der Waals surface area contributed by atoms with Crippen molar-refractivity contribution in [2.24, 2.45) is 0 Å². The van der Waals surface area contributed by atoms with Gasteiger partial charge in [-0.3, -0.25) is 4.90 Å². The first-order valence-corrected chi connectivity index (χ1v) is 9.49. The summed E-state index contributed by atoms with van der Waals surface area (Å²) in [6, 6.07) is 6.82. The zero-order valence-electron chi connectivity index (χ0n) is 16.1. The lowest BCUT2D eigenvalue weighted by molar-refractivity contribution is -0.136. The van der Waals surface area contributed by atoms with Gasteiger partial charge in [0, 0.05) is 39.3 Å². The van der Waals surface area contributed by atoms with Crippen LogP contribution in [0, 0.1) is 0 Å². The highest BCUT2D eigenvalue weighted by atomic mass is 19.4. The largest absolute Gasteiger partial charge is 0.492 e. The first-order valence-electron chi connectivity index (χ1n) is 9.49. The van der Waals surface area contributed by atoms with E-state index in [0.29, 0.717) is 12.4 Å². The van der Waals surface area contributed by atoms with Crippen LogP contribution < -0.4 is 10.1 Å². The van der Waals surface area contributed by atoms with Crippen molar-refractivity contribution in [1.82, 2.24) is 15.1 Å². The van der Waals surface area contributed by atoms with E-state index < -0.39 is 18.6 Å². The van der Waals surface area contributed by atoms with Crippen molar-refractivity contribution in [2.45, 2.75) is 26.1 Å². The third-order valence-electron chi connectivity index (χ3n) is 4.46. The minimum absolute atomic E-state index is 0.215. The summed E-state index contributed by atoms with van der Waals surface area (Å²) in [4.78, 5) is 15.5. The van der Waals surface area contributed by atoms with E-state index in [9.17, 15) is 18.0 Å². The molecule has 0 atom stereocenters. The molecule has 0 aliphatic carbocycles. The van der Waals surface area contributed by atoms with Crippen LogP contribution in [0.3, 0.4) is 0 Å². The minimum Gasteiger partial charge on any atom is -0.492 e. The lowest BCUT2D eigenvalue weighted by Gasteiger charge is -2.26. The van der Waals surface area contributed by atoms with Crippen molar-refractivity contribution in [1.29, 1.82) is 0 Å². The molecular weight excluding hydrogens is 375 g/mol. The molecule has 0 aromatic heterocycles. The number of rotatable bonds is 9. The van der Waals surface area contributed by atoms with Gasteiger partial charge in [0.25, 0.3) is 0 Å². The lowest BCUT2D eigenvalue weighted by atomic mass is 10.2. The van der Waals surface area contributed by atoms with Crippen LogP contribution in [0.1, 0.15) is 18.9 Å². The highest BCUT2D eigenvalue weighted by Crippen LogP contribution is 2.19. The third-order valence-corrected chi connectivity index (χ3v) is 4.46. The molecule has 1 N–H and O–H groups in total. The second kappa shape index (κ2) is 11.1. The van der Waals surface area contributed by atoms with E-state index in [-0.39, 0.29) is 19.6 Å². The summed E-state index contributed by atoms with van der Waals surface area (Å²) < 4.78 is 48.1. The number of carbonyl (C=O) groups is 1. The first kappa shape index (κ1) is 22.3. The van der Waals surface area contributed by atoms with Crippen LogP contribution in [-0.2, 0) is 11.3 Å². The van der Waals surface area contributed by atoms with Crippen molar-refractivity contribution in [3.63, 3.8) is 0 Å². The van der Waals surface area contributed by atoms with E-state index >= 15 is 0 Å². The molecule has 28 heavy (non-hydrogen) atoms. The molecule has 0 radical (unpaired) electrons. The number of morpholine rings is 1.